The Morgan fingerprint density at radius 2 is 2.28 bits per heavy atom. The number of hydrogen-bond donors (Lipinski definition) is 1. The van der Waals surface area contributed by atoms with Crippen molar-refractivity contribution in [2.75, 3.05) is 0 Å². The minimum absolute atomic E-state index is 0.616. The van der Waals surface area contributed by atoms with Gasteiger partial charge in [-0.3, -0.25) is 4.98 Å². The number of nitrogens with zero attached hydrogens (tertiary/aromatic N) is 1. The van der Waals surface area contributed by atoms with Gasteiger partial charge in [-0.2, -0.15) is 11.3 Å². The SMILES string of the molecule is c1cc(COc2ccc(CNC3CC3)nc2)cs1. The summed E-state index contributed by atoms with van der Waals surface area (Å²) < 4.78 is 5.67. The third kappa shape index (κ3) is 3.31. The molecule has 0 atom stereocenters. The van der Waals surface area contributed by atoms with Crippen LogP contribution in [0.1, 0.15) is 24.1 Å². The topological polar surface area (TPSA) is 34.1 Å². The first kappa shape index (κ1) is 11.7. The first-order chi connectivity index (χ1) is 8.90. The van der Waals surface area contributed by atoms with Gasteiger partial charge in [0.15, 0.2) is 0 Å². The van der Waals surface area contributed by atoms with Crippen LogP contribution in [-0.2, 0) is 13.2 Å². The van der Waals surface area contributed by atoms with Crippen molar-refractivity contribution in [2.45, 2.75) is 32.0 Å². The van der Waals surface area contributed by atoms with Crippen LogP contribution in [0, 0.1) is 0 Å². The van der Waals surface area contributed by atoms with Gasteiger partial charge in [-0.25, -0.2) is 0 Å². The summed E-state index contributed by atoms with van der Waals surface area (Å²) in [5.41, 5.74) is 2.28. The zero-order valence-corrected chi connectivity index (χ0v) is 11.0. The minimum atomic E-state index is 0.616. The zero-order chi connectivity index (χ0) is 12.2. The van der Waals surface area contributed by atoms with Gasteiger partial charge < -0.3 is 10.1 Å². The Bertz CT molecular complexity index is 477. The van der Waals surface area contributed by atoms with Crippen molar-refractivity contribution in [3.8, 4) is 5.75 Å². The monoisotopic (exact) mass is 260 g/mol. The van der Waals surface area contributed by atoms with Gasteiger partial charge in [0.05, 0.1) is 11.9 Å². The van der Waals surface area contributed by atoms with E-state index in [1.165, 1.54) is 18.4 Å². The lowest BCUT2D eigenvalue weighted by molar-refractivity contribution is 0.305. The highest BCUT2D eigenvalue weighted by molar-refractivity contribution is 7.07. The number of aromatic nitrogens is 1. The molecule has 4 heteroatoms. The summed E-state index contributed by atoms with van der Waals surface area (Å²) in [6, 6.07) is 6.81. The predicted octanol–water partition coefficient (Wildman–Crippen LogP) is 2.97. The average molecular weight is 260 g/mol. The Kier molecular flexibility index (Phi) is 3.57. The lowest BCUT2D eigenvalue weighted by Crippen LogP contribution is -2.16. The van der Waals surface area contributed by atoms with Gasteiger partial charge in [-0.05, 0) is 47.4 Å². The Labute approximate surface area is 111 Å². The van der Waals surface area contributed by atoms with E-state index < -0.39 is 0 Å². The highest BCUT2D eigenvalue weighted by Crippen LogP contribution is 2.19. The minimum Gasteiger partial charge on any atom is -0.487 e. The molecule has 94 valence electrons. The van der Waals surface area contributed by atoms with Crippen molar-refractivity contribution in [1.29, 1.82) is 0 Å². The molecule has 0 aliphatic heterocycles. The molecule has 1 aliphatic carbocycles. The van der Waals surface area contributed by atoms with E-state index in [0.717, 1.165) is 24.0 Å². The second-order valence-corrected chi connectivity index (χ2v) is 5.34. The van der Waals surface area contributed by atoms with Crippen molar-refractivity contribution in [3.05, 3.63) is 46.4 Å². The van der Waals surface area contributed by atoms with Crippen LogP contribution in [0.25, 0.3) is 0 Å². The highest BCUT2D eigenvalue weighted by Gasteiger charge is 2.19. The van der Waals surface area contributed by atoms with Crippen LogP contribution >= 0.6 is 11.3 Å². The number of rotatable bonds is 6. The van der Waals surface area contributed by atoms with Crippen LogP contribution in [0.4, 0.5) is 0 Å². The predicted molar refractivity (Wildman–Crippen MR) is 72.7 cm³/mol. The van der Waals surface area contributed by atoms with Crippen LogP contribution in [0.2, 0.25) is 0 Å². The molecule has 2 heterocycles. The molecule has 2 aromatic rings. The maximum Gasteiger partial charge on any atom is 0.138 e. The van der Waals surface area contributed by atoms with Crippen LogP contribution in [-0.4, -0.2) is 11.0 Å². The molecule has 18 heavy (non-hydrogen) atoms. The lowest BCUT2D eigenvalue weighted by atomic mass is 10.3. The van der Waals surface area contributed by atoms with E-state index in [-0.39, 0.29) is 0 Å². The fourth-order valence-electron chi connectivity index (χ4n) is 1.68. The summed E-state index contributed by atoms with van der Waals surface area (Å²) in [6.45, 7) is 1.47. The Morgan fingerprint density at radius 1 is 1.33 bits per heavy atom. The number of hydrogen-bond acceptors (Lipinski definition) is 4. The average Bonchev–Trinajstić information content (AvgIpc) is 3.09. The molecule has 3 nitrogen and oxygen atoms in total. The molecule has 0 bridgehead atoms. The first-order valence-electron chi connectivity index (χ1n) is 6.22. The van der Waals surface area contributed by atoms with Gasteiger partial charge in [0.25, 0.3) is 0 Å². The number of ether oxygens (including phenoxy) is 1. The summed E-state index contributed by atoms with van der Waals surface area (Å²) in [6.07, 6.45) is 4.42. The Hall–Kier alpha value is -1.39. The summed E-state index contributed by atoms with van der Waals surface area (Å²) in [7, 11) is 0. The molecule has 0 saturated heterocycles. The maximum atomic E-state index is 5.67. The van der Waals surface area contributed by atoms with Gasteiger partial charge in [0, 0.05) is 12.6 Å². The molecule has 2 aromatic heterocycles. The number of nitrogens with one attached hydrogen (secondary N) is 1. The van der Waals surface area contributed by atoms with Crippen molar-refractivity contribution < 1.29 is 4.74 Å². The first-order valence-corrected chi connectivity index (χ1v) is 7.16. The van der Waals surface area contributed by atoms with E-state index in [0.29, 0.717) is 6.61 Å². The van der Waals surface area contributed by atoms with Gasteiger partial charge >= 0.3 is 0 Å². The van der Waals surface area contributed by atoms with Crippen molar-refractivity contribution in [2.24, 2.45) is 0 Å². The molecule has 1 aliphatic rings. The maximum absolute atomic E-state index is 5.67. The fraction of sp³-hybridized carbons (Fsp3) is 0.357. The van der Waals surface area contributed by atoms with Gasteiger partial charge in [-0.15, -0.1) is 0 Å². The van der Waals surface area contributed by atoms with E-state index in [4.69, 9.17) is 4.74 Å². The lowest BCUT2D eigenvalue weighted by Gasteiger charge is -2.06. The highest BCUT2D eigenvalue weighted by atomic mass is 32.1. The van der Waals surface area contributed by atoms with Gasteiger partial charge in [-0.1, -0.05) is 0 Å². The molecule has 0 radical (unpaired) electrons. The van der Waals surface area contributed by atoms with E-state index in [1.54, 1.807) is 17.5 Å². The number of pyridine rings is 1. The largest absolute Gasteiger partial charge is 0.487 e. The van der Waals surface area contributed by atoms with Gasteiger partial charge in [0.2, 0.25) is 0 Å². The van der Waals surface area contributed by atoms with E-state index in [2.05, 4.69) is 27.1 Å². The van der Waals surface area contributed by atoms with E-state index in [9.17, 15) is 0 Å². The molecule has 1 fully saturated rings. The standard InChI is InChI=1S/C14H16N2OS/c1-2-12(1)15-7-13-3-4-14(8-16-13)17-9-11-5-6-18-10-11/h3-6,8,10,12,15H,1-2,7,9H2. The van der Waals surface area contributed by atoms with Gasteiger partial charge in [0.1, 0.15) is 12.4 Å². The third-order valence-corrected chi connectivity index (χ3v) is 3.66. The summed E-state index contributed by atoms with van der Waals surface area (Å²) in [5, 5.41) is 7.60. The molecular weight excluding hydrogens is 244 g/mol. The second kappa shape index (κ2) is 5.50. The van der Waals surface area contributed by atoms with Crippen LogP contribution in [0.3, 0.4) is 0 Å². The van der Waals surface area contributed by atoms with Crippen molar-refractivity contribution in [3.63, 3.8) is 0 Å². The molecule has 0 aromatic carbocycles. The molecule has 0 spiro atoms. The zero-order valence-electron chi connectivity index (χ0n) is 10.1. The molecule has 0 unspecified atom stereocenters. The van der Waals surface area contributed by atoms with Crippen molar-refractivity contribution >= 4 is 11.3 Å². The normalized spacial score (nSPS) is 14.7. The third-order valence-electron chi connectivity index (χ3n) is 2.93. The molecule has 3 rings (SSSR count). The molecule has 0 amide bonds. The van der Waals surface area contributed by atoms with E-state index in [1.807, 2.05) is 12.1 Å². The second-order valence-electron chi connectivity index (χ2n) is 4.56. The van der Waals surface area contributed by atoms with Crippen LogP contribution < -0.4 is 10.1 Å². The summed E-state index contributed by atoms with van der Waals surface area (Å²) >= 11 is 1.69. The Balaban J connectivity index is 1.50. The van der Waals surface area contributed by atoms with Crippen LogP contribution in [0.15, 0.2) is 35.2 Å². The van der Waals surface area contributed by atoms with E-state index >= 15 is 0 Å². The van der Waals surface area contributed by atoms with Crippen molar-refractivity contribution in [1.82, 2.24) is 10.3 Å². The molecule has 1 N–H and O–H groups in total. The smallest absolute Gasteiger partial charge is 0.138 e. The fourth-order valence-corrected chi connectivity index (χ4v) is 2.33. The molecule has 1 saturated carbocycles. The quantitative estimate of drug-likeness (QED) is 0.867. The number of thiophene rings is 1. The van der Waals surface area contributed by atoms with Crippen LogP contribution in [0.5, 0.6) is 5.75 Å². The molecular formula is C14H16N2OS. The summed E-state index contributed by atoms with van der Waals surface area (Å²) in [5.74, 6) is 0.830. The Morgan fingerprint density at radius 3 is 2.94 bits per heavy atom. The summed E-state index contributed by atoms with van der Waals surface area (Å²) in [4.78, 5) is 4.39.